The monoisotopic (exact) mass is 318 g/mol. The summed E-state index contributed by atoms with van der Waals surface area (Å²) in [5, 5.41) is 3.90. The summed E-state index contributed by atoms with van der Waals surface area (Å²) in [7, 11) is 0. The maximum atomic E-state index is 12.4. The van der Waals surface area contributed by atoms with E-state index in [0.29, 0.717) is 17.9 Å². The third kappa shape index (κ3) is 2.63. The maximum absolute atomic E-state index is 12.4. The molecule has 0 bridgehead atoms. The van der Waals surface area contributed by atoms with E-state index >= 15 is 0 Å². The molecule has 1 N–H and O–H groups in total. The van der Waals surface area contributed by atoms with Gasteiger partial charge < -0.3 is 5.32 Å². The highest BCUT2D eigenvalue weighted by Crippen LogP contribution is 2.38. The van der Waals surface area contributed by atoms with E-state index in [1.54, 1.807) is 0 Å². The number of allylic oxidation sites excluding steroid dienone is 2. The van der Waals surface area contributed by atoms with Crippen LogP contribution in [0.25, 0.3) is 0 Å². The van der Waals surface area contributed by atoms with Crippen molar-refractivity contribution in [2.75, 3.05) is 12.0 Å². The number of amides is 2. The molecule has 1 saturated heterocycles. The van der Waals surface area contributed by atoms with E-state index in [1.165, 1.54) is 4.90 Å². The van der Waals surface area contributed by atoms with E-state index in [2.05, 4.69) is 5.32 Å². The van der Waals surface area contributed by atoms with Crippen molar-refractivity contribution in [3.8, 4) is 0 Å². The summed E-state index contributed by atoms with van der Waals surface area (Å²) >= 11 is 6.02. The predicted octanol–water partition coefficient (Wildman–Crippen LogP) is 3.19. The van der Waals surface area contributed by atoms with Gasteiger partial charge in [-0.25, -0.2) is 0 Å². The van der Waals surface area contributed by atoms with Crippen molar-refractivity contribution in [3.05, 3.63) is 40.4 Å². The molecule has 2 aliphatic rings. The lowest BCUT2D eigenvalue weighted by atomic mass is 9.85. The number of nitrogens with one attached hydrogen (secondary N) is 1. The molecule has 1 aromatic carbocycles. The van der Waals surface area contributed by atoms with Gasteiger partial charge in [0, 0.05) is 10.7 Å². The first-order chi connectivity index (χ1) is 10.5. The Morgan fingerprint density at radius 3 is 2.73 bits per heavy atom. The van der Waals surface area contributed by atoms with Crippen molar-refractivity contribution >= 4 is 29.1 Å². The van der Waals surface area contributed by atoms with E-state index in [9.17, 15) is 9.59 Å². The van der Waals surface area contributed by atoms with Crippen LogP contribution in [-0.4, -0.2) is 23.4 Å². The Kier molecular flexibility index (Phi) is 3.96. The Bertz CT molecular complexity index is 669. The second kappa shape index (κ2) is 5.76. The minimum absolute atomic E-state index is 0.0896. The largest absolute Gasteiger partial charge is 0.367 e. The first-order valence-corrected chi connectivity index (χ1v) is 7.86. The molecule has 0 radical (unpaired) electrons. The van der Waals surface area contributed by atoms with Gasteiger partial charge in [0.1, 0.15) is 0 Å². The number of hydrogen-bond donors (Lipinski definition) is 1. The third-order valence-electron chi connectivity index (χ3n) is 4.48. The molecule has 1 aromatic rings. The van der Waals surface area contributed by atoms with E-state index in [1.807, 2.05) is 38.1 Å². The zero-order chi connectivity index (χ0) is 15.9. The molecule has 0 unspecified atom stereocenters. The van der Waals surface area contributed by atoms with Crippen LogP contribution in [0.15, 0.2) is 29.3 Å². The predicted molar refractivity (Wildman–Crippen MR) is 86.4 cm³/mol. The molecule has 2 atom stereocenters. The number of carbonyl (C=O) groups excluding carboxylic acids is 2. The summed E-state index contributed by atoms with van der Waals surface area (Å²) in [6, 6.07) is 6.08. The summed E-state index contributed by atoms with van der Waals surface area (Å²) in [4.78, 5) is 26.2. The van der Waals surface area contributed by atoms with Crippen molar-refractivity contribution < 1.29 is 9.59 Å². The summed E-state index contributed by atoms with van der Waals surface area (Å²) < 4.78 is 0. The highest BCUT2D eigenvalue weighted by atomic mass is 35.5. The fraction of sp³-hybridized carbons (Fsp3) is 0.412. The van der Waals surface area contributed by atoms with Gasteiger partial charge in [-0.05, 0) is 43.9 Å². The highest BCUT2D eigenvalue weighted by Gasteiger charge is 2.48. The topological polar surface area (TPSA) is 49.4 Å². The lowest BCUT2D eigenvalue weighted by molar-refractivity contribution is -0.139. The number of imide groups is 1. The summed E-state index contributed by atoms with van der Waals surface area (Å²) in [6.45, 7) is 4.23. The van der Waals surface area contributed by atoms with Crippen molar-refractivity contribution in [3.63, 3.8) is 0 Å². The molecule has 5 heteroatoms. The number of anilines is 1. The molecule has 22 heavy (non-hydrogen) atoms. The zero-order valence-electron chi connectivity index (χ0n) is 12.7. The second-order valence-corrected chi connectivity index (χ2v) is 6.55. The van der Waals surface area contributed by atoms with Crippen LogP contribution in [0.4, 0.5) is 5.69 Å². The molecule has 1 fully saturated rings. The standard InChI is InChI=1S/C17H19ClN2O2/c1-10-3-4-11(2)15(7-10)19-9-20-16(21)13-6-5-12(18)8-14(13)17(20)22/h3-5,7,13-14,19H,6,8-9H2,1-2H3/t13-,14+/m1/s1. The normalized spacial score (nSPS) is 24.3. The molecule has 0 saturated carbocycles. The van der Waals surface area contributed by atoms with E-state index < -0.39 is 0 Å². The molecule has 1 aliphatic carbocycles. The van der Waals surface area contributed by atoms with Crippen LogP contribution in [-0.2, 0) is 9.59 Å². The van der Waals surface area contributed by atoms with Gasteiger partial charge in [0.2, 0.25) is 11.8 Å². The summed E-state index contributed by atoms with van der Waals surface area (Å²) in [5.41, 5.74) is 3.18. The highest BCUT2D eigenvalue weighted by molar-refractivity contribution is 6.30. The molecule has 3 rings (SSSR count). The Morgan fingerprint density at radius 2 is 1.95 bits per heavy atom. The Morgan fingerprint density at radius 1 is 1.23 bits per heavy atom. The number of aryl methyl sites for hydroxylation is 2. The average molecular weight is 319 g/mol. The quantitative estimate of drug-likeness (QED) is 0.871. The van der Waals surface area contributed by atoms with Gasteiger partial charge in [-0.15, -0.1) is 0 Å². The fourth-order valence-electron chi connectivity index (χ4n) is 3.14. The van der Waals surface area contributed by atoms with Crippen LogP contribution < -0.4 is 5.32 Å². The third-order valence-corrected chi connectivity index (χ3v) is 4.79. The van der Waals surface area contributed by atoms with Crippen LogP contribution in [0.1, 0.15) is 24.0 Å². The van der Waals surface area contributed by atoms with Crippen molar-refractivity contribution in [1.82, 2.24) is 4.90 Å². The SMILES string of the molecule is Cc1ccc(C)c(NCN2C(=O)[C@H]3CC(Cl)=CC[C@H]3C2=O)c1. The van der Waals surface area contributed by atoms with Gasteiger partial charge in [0.15, 0.2) is 0 Å². The number of benzene rings is 1. The summed E-state index contributed by atoms with van der Waals surface area (Å²) in [6.07, 6.45) is 2.90. The molecule has 4 nitrogen and oxygen atoms in total. The average Bonchev–Trinajstić information content (AvgIpc) is 2.72. The number of halogens is 1. The first-order valence-electron chi connectivity index (χ1n) is 7.48. The van der Waals surface area contributed by atoms with E-state index in [0.717, 1.165) is 16.8 Å². The minimum atomic E-state index is -0.287. The van der Waals surface area contributed by atoms with Gasteiger partial charge in [0.05, 0.1) is 18.5 Å². The smallest absolute Gasteiger partial charge is 0.234 e. The Balaban J connectivity index is 1.72. The maximum Gasteiger partial charge on any atom is 0.234 e. The molecule has 116 valence electrons. The lowest BCUT2D eigenvalue weighted by Crippen LogP contribution is -2.35. The van der Waals surface area contributed by atoms with Crippen LogP contribution in [0, 0.1) is 25.7 Å². The Hall–Kier alpha value is -1.81. The number of nitrogens with zero attached hydrogens (tertiary/aromatic N) is 1. The fourth-order valence-corrected chi connectivity index (χ4v) is 3.40. The molecule has 2 amide bonds. The van der Waals surface area contributed by atoms with Crippen LogP contribution in [0.3, 0.4) is 0 Å². The van der Waals surface area contributed by atoms with Gasteiger partial charge in [-0.2, -0.15) is 0 Å². The van der Waals surface area contributed by atoms with E-state index in [4.69, 9.17) is 11.6 Å². The molecule has 0 aromatic heterocycles. The summed E-state index contributed by atoms with van der Waals surface area (Å²) in [5.74, 6) is -0.729. The minimum Gasteiger partial charge on any atom is -0.367 e. The van der Waals surface area contributed by atoms with Gasteiger partial charge in [0.25, 0.3) is 0 Å². The molecular formula is C17H19ClN2O2. The second-order valence-electron chi connectivity index (χ2n) is 6.06. The van der Waals surface area contributed by atoms with Gasteiger partial charge in [-0.3, -0.25) is 14.5 Å². The lowest BCUT2D eigenvalue weighted by Gasteiger charge is -2.18. The molecule has 1 aliphatic heterocycles. The zero-order valence-corrected chi connectivity index (χ0v) is 13.5. The van der Waals surface area contributed by atoms with Crippen molar-refractivity contribution in [2.45, 2.75) is 26.7 Å². The van der Waals surface area contributed by atoms with Crippen LogP contribution in [0.2, 0.25) is 0 Å². The van der Waals surface area contributed by atoms with Gasteiger partial charge in [-0.1, -0.05) is 29.8 Å². The molecule has 1 heterocycles. The van der Waals surface area contributed by atoms with Crippen LogP contribution in [0.5, 0.6) is 0 Å². The van der Waals surface area contributed by atoms with Gasteiger partial charge >= 0.3 is 0 Å². The Labute approximate surface area is 135 Å². The number of rotatable bonds is 3. The number of fused-ring (bicyclic) bond motifs is 1. The van der Waals surface area contributed by atoms with E-state index in [-0.39, 0.29) is 30.3 Å². The molecular weight excluding hydrogens is 300 g/mol. The van der Waals surface area contributed by atoms with Crippen molar-refractivity contribution in [1.29, 1.82) is 0 Å². The van der Waals surface area contributed by atoms with Crippen molar-refractivity contribution in [2.24, 2.45) is 11.8 Å². The molecule has 0 spiro atoms. The number of likely N-dealkylation sites (tertiary alicyclic amines) is 1. The first kappa shape index (κ1) is 15.1. The number of carbonyl (C=O) groups is 2. The van der Waals surface area contributed by atoms with Crippen LogP contribution >= 0.6 is 11.6 Å². The number of hydrogen-bond acceptors (Lipinski definition) is 3.